The first-order valence-corrected chi connectivity index (χ1v) is 7.14. The van der Waals surface area contributed by atoms with Crippen LogP contribution in [-0.4, -0.2) is 13.2 Å². The van der Waals surface area contributed by atoms with Crippen LogP contribution in [-0.2, 0) is 13.2 Å². The topological polar surface area (TPSA) is 53.7 Å². The fourth-order valence-corrected chi connectivity index (χ4v) is 2.46. The lowest BCUT2D eigenvalue weighted by molar-refractivity contribution is 0.171. The van der Waals surface area contributed by atoms with E-state index in [-0.39, 0.29) is 0 Å². The van der Waals surface area contributed by atoms with Crippen molar-refractivity contribution in [3.63, 3.8) is 0 Å². The standard InChI is InChI=1S/C16H16ClNO3/c17-14-7-12(8-15-16(14)20-5-4-19-15)10-21-13-3-1-2-11(6-13)9-18/h1-3,6-8H,4-5,9-10,18H2. The van der Waals surface area contributed by atoms with Crippen molar-refractivity contribution in [2.75, 3.05) is 13.2 Å². The number of rotatable bonds is 4. The van der Waals surface area contributed by atoms with Crippen molar-refractivity contribution in [3.8, 4) is 17.2 Å². The van der Waals surface area contributed by atoms with Gasteiger partial charge in [0.2, 0.25) is 0 Å². The summed E-state index contributed by atoms with van der Waals surface area (Å²) in [5.41, 5.74) is 7.59. The summed E-state index contributed by atoms with van der Waals surface area (Å²) in [5, 5.41) is 0.543. The van der Waals surface area contributed by atoms with Gasteiger partial charge in [0.25, 0.3) is 0 Å². The summed E-state index contributed by atoms with van der Waals surface area (Å²) in [6.07, 6.45) is 0. The zero-order valence-electron chi connectivity index (χ0n) is 11.5. The van der Waals surface area contributed by atoms with Gasteiger partial charge in [-0.1, -0.05) is 23.7 Å². The summed E-state index contributed by atoms with van der Waals surface area (Å²) >= 11 is 6.20. The van der Waals surface area contributed by atoms with Gasteiger partial charge in [0, 0.05) is 6.54 Å². The molecule has 0 radical (unpaired) electrons. The van der Waals surface area contributed by atoms with E-state index in [1.54, 1.807) is 0 Å². The van der Waals surface area contributed by atoms with Gasteiger partial charge in [-0.3, -0.25) is 0 Å². The number of fused-ring (bicyclic) bond motifs is 1. The van der Waals surface area contributed by atoms with Gasteiger partial charge in [-0.05, 0) is 35.4 Å². The van der Waals surface area contributed by atoms with Gasteiger partial charge in [-0.2, -0.15) is 0 Å². The Labute approximate surface area is 128 Å². The molecule has 0 bridgehead atoms. The van der Waals surface area contributed by atoms with E-state index in [1.807, 2.05) is 36.4 Å². The van der Waals surface area contributed by atoms with Gasteiger partial charge in [-0.15, -0.1) is 0 Å². The third kappa shape index (κ3) is 3.23. The zero-order valence-corrected chi connectivity index (χ0v) is 12.2. The van der Waals surface area contributed by atoms with Gasteiger partial charge in [0.1, 0.15) is 25.6 Å². The summed E-state index contributed by atoms with van der Waals surface area (Å²) in [5.74, 6) is 2.06. The van der Waals surface area contributed by atoms with Crippen LogP contribution in [0.2, 0.25) is 5.02 Å². The molecule has 0 spiro atoms. The fourth-order valence-electron chi connectivity index (χ4n) is 2.18. The van der Waals surface area contributed by atoms with Crippen LogP contribution in [0.25, 0.3) is 0 Å². The predicted molar refractivity (Wildman–Crippen MR) is 81.1 cm³/mol. The molecule has 1 aliphatic heterocycles. The molecular weight excluding hydrogens is 290 g/mol. The van der Waals surface area contributed by atoms with Gasteiger partial charge < -0.3 is 19.9 Å². The first-order valence-electron chi connectivity index (χ1n) is 6.76. The minimum atomic E-state index is 0.407. The van der Waals surface area contributed by atoms with Crippen LogP contribution in [0.3, 0.4) is 0 Å². The van der Waals surface area contributed by atoms with Crippen LogP contribution in [0.1, 0.15) is 11.1 Å². The average Bonchev–Trinajstić information content (AvgIpc) is 2.53. The maximum absolute atomic E-state index is 6.20. The minimum Gasteiger partial charge on any atom is -0.489 e. The lowest BCUT2D eigenvalue weighted by atomic mass is 10.2. The molecule has 0 atom stereocenters. The maximum atomic E-state index is 6.20. The van der Waals surface area contributed by atoms with Crippen LogP contribution >= 0.6 is 11.6 Å². The molecule has 4 nitrogen and oxygen atoms in total. The third-order valence-corrected chi connectivity index (χ3v) is 3.48. The Bertz CT molecular complexity index is 645. The van der Waals surface area contributed by atoms with Gasteiger partial charge >= 0.3 is 0 Å². The average molecular weight is 306 g/mol. The van der Waals surface area contributed by atoms with Crippen molar-refractivity contribution >= 4 is 11.6 Å². The second-order valence-electron chi connectivity index (χ2n) is 4.74. The van der Waals surface area contributed by atoms with E-state index in [1.165, 1.54) is 0 Å². The SMILES string of the molecule is NCc1cccc(OCc2cc(Cl)c3c(c2)OCCO3)c1. The van der Waals surface area contributed by atoms with Crippen LogP contribution < -0.4 is 19.9 Å². The molecule has 21 heavy (non-hydrogen) atoms. The summed E-state index contributed by atoms with van der Waals surface area (Å²) in [7, 11) is 0. The smallest absolute Gasteiger partial charge is 0.179 e. The summed E-state index contributed by atoms with van der Waals surface area (Å²) < 4.78 is 16.8. The molecule has 0 fully saturated rings. The van der Waals surface area contributed by atoms with E-state index < -0.39 is 0 Å². The largest absolute Gasteiger partial charge is 0.489 e. The maximum Gasteiger partial charge on any atom is 0.179 e. The number of benzene rings is 2. The number of halogens is 1. The molecule has 1 aliphatic rings. The first kappa shape index (κ1) is 14.0. The molecule has 2 N–H and O–H groups in total. The van der Waals surface area contributed by atoms with Gasteiger partial charge in [0.15, 0.2) is 11.5 Å². The molecule has 1 heterocycles. The Hall–Kier alpha value is -1.91. The van der Waals surface area contributed by atoms with Crippen LogP contribution in [0.15, 0.2) is 36.4 Å². The molecule has 0 saturated carbocycles. The highest BCUT2D eigenvalue weighted by Crippen LogP contribution is 2.38. The number of hydrogen-bond acceptors (Lipinski definition) is 4. The summed E-state index contributed by atoms with van der Waals surface area (Å²) in [6, 6.07) is 11.5. The van der Waals surface area contributed by atoms with Crippen LogP contribution in [0, 0.1) is 0 Å². The van der Waals surface area contributed by atoms with E-state index in [4.69, 9.17) is 31.5 Å². The fraction of sp³-hybridized carbons (Fsp3) is 0.250. The monoisotopic (exact) mass is 305 g/mol. The lowest BCUT2D eigenvalue weighted by Crippen LogP contribution is -2.16. The Balaban J connectivity index is 1.74. The van der Waals surface area contributed by atoms with E-state index in [0.29, 0.717) is 42.9 Å². The molecule has 0 unspecified atom stereocenters. The van der Waals surface area contributed by atoms with Crippen molar-refractivity contribution in [3.05, 3.63) is 52.5 Å². The molecule has 0 aromatic heterocycles. The zero-order chi connectivity index (χ0) is 14.7. The highest BCUT2D eigenvalue weighted by Gasteiger charge is 2.16. The highest BCUT2D eigenvalue weighted by molar-refractivity contribution is 6.32. The van der Waals surface area contributed by atoms with Crippen molar-refractivity contribution in [1.29, 1.82) is 0 Å². The summed E-state index contributed by atoms with van der Waals surface area (Å²) in [4.78, 5) is 0. The van der Waals surface area contributed by atoms with Crippen molar-refractivity contribution in [2.45, 2.75) is 13.2 Å². The molecule has 110 valence electrons. The van der Waals surface area contributed by atoms with Crippen molar-refractivity contribution in [2.24, 2.45) is 5.73 Å². The van der Waals surface area contributed by atoms with Crippen LogP contribution in [0.5, 0.6) is 17.2 Å². The number of ether oxygens (including phenoxy) is 3. The highest BCUT2D eigenvalue weighted by atomic mass is 35.5. The quantitative estimate of drug-likeness (QED) is 0.943. The van der Waals surface area contributed by atoms with E-state index in [2.05, 4.69) is 0 Å². The second-order valence-corrected chi connectivity index (χ2v) is 5.15. The molecule has 2 aromatic carbocycles. The molecule has 0 amide bonds. The van der Waals surface area contributed by atoms with E-state index in [9.17, 15) is 0 Å². The number of nitrogens with two attached hydrogens (primary N) is 1. The summed E-state index contributed by atoms with van der Waals surface area (Å²) in [6.45, 7) is 1.96. The Morgan fingerprint density at radius 2 is 1.95 bits per heavy atom. The Morgan fingerprint density at radius 3 is 2.81 bits per heavy atom. The Kier molecular flexibility index (Phi) is 4.18. The Morgan fingerprint density at radius 1 is 1.10 bits per heavy atom. The van der Waals surface area contributed by atoms with E-state index >= 15 is 0 Å². The molecule has 0 aliphatic carbocycles. The van der Waals surface area contributed by atoms with Gasteiger partial charge in [-0.25, -0.2) is 0 Å². The molecule has 5 heteroatoms. The van der Waals surface area contributed by atoms with Gasteiger partial charge in [0.05, 0.1) is 5.02 Å². The first-order chi connectivity index (χ1) is 10.3. The molecule has 0 saturated heterocycles. The second kappa shape index (κ2) is 6.24. The lowest BCUT2D eigenvalue weighted by Gasteiger charge is -2.20. The van der Waals surface area contributed by atoms with Crippen molar-refractivity contribution < 1.29 is 14.2 Å². The third-order valence-electron chi connectivity index (χ3n) is 3.20. The molecule has 3 rings (SSSR count). The van der Waals surface area contributed by atoms with E-state index in [0.717, 1.165) is 16.9 Å². The van der Waals surface area contributed by atoms with Crippen LogP contribution in [0.4, 0.5) is 0 Å². The molecular formula is C16H16ClNO3. The number of hydrogen-bond donors (Lipinski definition) is 1. The predicted octanol–water partition coefficient (Wildman–Crippen LogP) is 3.15. The molecule has 2 aromatic rings. The van der Waals surface area contributed by atoms with Crippen molar-refractivity contribution in [1.82, 2.24) is 0 Å². The normalized spacial score (nSPS) is 13.0. The minimum absolute atomic E-state index is 0.407.